The molecule has 5 nitrogen and oxygen atoms in total. The molecule has 0 aromatic carbocycles. The third kappa shape index (κ3) is 2.79. The second-order valence-electron chi connectivity index (χ2n) is 6.55. The van der Waals surface area contributed by atoms with Crippen molar-refractivity contribution >= 4 is 5.91 Å². The van der Waals surface area contributed by atoms with Gasteiger partial charge in [0.1, 0.15) is 12.2 Å². The number of amides is 1. The summed E-state index contributed by atoms with van der Waals surface area (Å²) in [6.45, 7) is 1.10. The largest absolute Gasteiger partial charge is 0.469 e. The van der Waals surface area contributed by atoms with Gasteiger partial charge in [-0.15, -0.1) is 0 Å². The fourth-order valence-corrected chi connectivity index (χ4v) is 3.94. The van der Waals surface area contributed by atoms with E-state index in [2.05, 4.69) is 11.1 Å². The number of ether oxygens (including phenoxy) is 2. The Morgan fingerprint density at radius 3 is 3.12 bits per heavy atom. The van der Waals surface area contributed by atoms with E-state index in [1.165, 1.54) is 18.3 Å². The highest BCUT2D eigenvalue weighted by atomic mass is 19.1. The molecular formula is C18H21FN2O3. The average Bonchev–Trinajstić information content (AvgIpc) is 3.26. The molecule has 24 heavy (non-hydrogen) atoms. The van der Waals surface area contributed by atoms with Gasteiger partial charge in [0.15, 0.2) is 5.82 Å². The molecule has 1 saturated heterocycles. The number of nitrogens with zero attached hydrogens (tertiary/aromatic N) is 2. The van der Waals surface area contributed by atoms with Gasteiger partial charge in [0.25, 0.3) is 5.88 Å². The van der Waals surface area contributed by atoms with Gasteiger partial charge in [-0.05, 0) is 44.2 Å². The molecule has 0 bridgehead atoms. The first-order valence-corrected chi connectivity index (χ1v) is 8.63. The second kappa shape index (κ2) is 6.51. The van der Waals surface area contributed by atoms with Gasteiger partial charge in [-0.25, -0.2) is 9.37 Å². The SMILES string of the molecule is O=C(C1=CCCC1)N1CCO[C@H]2[C@H]1CC[C@H]2Oc1ncccc1F. The maximum absolute atomic E-state index is 13.8. The molecule has 1 aromatic heterocycles. The summed E-state index contributed by atoms with van der Waals surface area (Å²) >= 11 is 0. The molecule has 1 amide bonds. The van der Waals surface area contributed by atoms with Crippen LogP contribution in [0.15, 0.2) is 30.0 Å². The maximum atomic E-state index is 13.8. The van der Waals surface area contributed by atoms with Crippen molar-refractivity contribution < 1.29 is 18.7 Å². The summed E-state index contributed by atoms with van der Waals surface area (Å²) in [6, 6.07) is 2.87. The molecule has 128 valence electrons. The van der Waals surface area contributed by atoms with Crippen LogP contribution in [-0.2, 0) is 9.53 Å². The first kappa shape index (κ1) is 15.6. The quantitative estimate of drug-likeness (QED) is 0.853. The molecule has 0 unspecified atom stereocenters. The molecule has 0 N–H and O–H groups in total. The van der Waals surface area contributed by atoms with Crippen LogP contribution in [0.1, 0.15) is 32.1 Å². The van der Waals surface area contributed by atoms with Crippen molar-refractivity contribution in [2.24, 2.45) is 0 Å². The second-order valence-corrected chi connectivity index (χ2v) is 6.55. The molecular weight excluding hydrogens is 311 g/mol. The smallest absolute Gasteiger partial charge is 0.250 e. The Morgan fingerprint density at radius 1 is 1.42 bits per heavy atom. The zero-order chi connectivity index (χ0) is 16.5. The van der Waals surface area contributed by atoms with Gasteiger partial charge >= 0.3 is 0 Å². The molecule has 2 heterocycles. The van der Waals surface area contributed by atoms with Gasteiger partial charge in [-0.1, -0.05) is 6.08 Å². The standard InChI is InChI=1S/C18H21FN2O3/c19-13-6-3-9-20-17(13)24-15-8-7-14-16(15)23-11-10-21(14)18(22)12-4-1-2-5-12/h3-4,6,9,14-16H,1-2,5,7-8,10-11H2/t14-,15-,16+/m1/s1. The van der Waals surface area contributed by atoms with Gasteiger partial charge in [0.2, 0.25) is 5.91 Å². The highest BCUT2D eigenvalue weighted by Crippen LogP contribution is 2.34. The number of carbonyl (C=O) groups is 1. The minimum atomic E-state index is -0.471. The lowest BCUT2D eigenvalue weighted by molar-refractivity contribution is -0.143. The summed E-state index contributed by atoms with van der Waals surface area (Å²) in [5.74, 6) is -0.329. The molecule has 4 rings (SSSR count). The Kier molecular flexibility index (Phi) is 4.22. The summed E-state index contributed by atoms with van der Waals surface area (Å²) < 4.78 is 25.4. The van der Waals surface area contributed by atoms with E-state index in [1.54, 1.807) is 0 Å². The minimum Gasteiger partial charge on any atom is -0.469 e. The minimum absolute atomic E-state index is 0.00419. The van der Waals surface area contributed by atoms with E-state index in [0.717, 1.165) is 37.7 Å². The Morgan fingerprint density at radius 2 is 2.33 bits per heavy atom. The van der Waals surface area contributed by atoms with E-state index in [4.69, 9.17) is 9.47 Å². The van der Waals surface area contributed by atoms with E-state index in [9.17, 15) is 9.18 Å². The summed E-state index contributed by atoms with van der Waals surface area (Å²) in [5, 5.41) is 0. The Bertz CT molecular complexity index is 663. The fraction of sp³-hybridized carbons (Fsp3) is 0.556. The Hall–Kier alpha value is -1.95. The Balaban J connectivity index is 1.48. The molecule has 2 aliphatic carbocycles. The van der Waals surface area contributed by atoms with Crippen molar-refractivity contribution in [3.05, 3.63) is 35.8 Å². The lowest BCUT2D eigenvalue weighted by Crippen LogP contribution is -2.54. The number of hydrogen-bond donors (Lipinski definition) is 0. The van der Waals surface area contributed by atoms with Gasteiger partial charge in [0, 0.05) is 18.3 Å². The Labute approximate surface area is 140 Å². The van der Waals surface area contributed by atoms with Crippen LogP contribution in [0.2, 0.25) is 0 Å². The highest BCUT2D eigenvalue weighted by Gasteiger charge is 2.46. The van der Waals surface area contributed by atoms with Crippen LogP contribution in [0.4, 0.5) is 4.39 Å². The van der Waals surface area contributed by atoms with Crippen molar-refractivity contribution in [3.8, 4) is 5.88 Å². The molecule has 2 fully saturated rings. The van der Waals surface area contributed by atoms with E-state index in [-0.39, 0.29) is 30.0 Å². The van der Waals surface area contributed by atoms with Crippen LogP contribution in [0.25, 0.3) is 0 Å². The fourth-order valence-electron chi connectivity index (χ4n) is 3.94. The van der Waals surface area contributed by atoms with Crippen LogP contribution >= 0.6 is 0 Å². The first-order valence-electron chi connectivity index (χ1n) is 8.63. The van der Waals surface area contributed by atoms with Crippen molar-refractivity contribution in [1.29, 1.82) is 0 Å². The topological polar surface area (TPSA) is 51.7 Å². The number of carbonyl (C=O) groups excluding carboxylic acids is 1. The first-order chi connectivity index (χ1) is 11.7. The number of aromatic nitrogens is 1. The molecule has 3 atom stereocenters. The molecule has 3 aliphatic rings. The zero-order valence-corrected chi connectivity index (χ0v) is 13.5. The van der Waals surface area contributed by atoms with Gasteiger partial charge in [-0.2, -0.15) is 0 Å². The molecule has 6 heteroatoms. The molecule has 0 radical (unpaired) electrons. The molecule has 0 spiro atoms. The normalized spacial score (nSPS) is 29.3. The lowest BCUT2D eigenvalue weighted by Gasteiger charge is -2.39. The predicted octanol–water partition coefficient (Wildman–Crippen LogP) is 2.47. The number of fused-ring (bicyclic) bond motifs is 1. The van der Waals surface area contributed by atoms with Crippen LogP contribution in [0, 0.1) is 5.82 Å². The number of morpholine rings is 1. The van der Waals surface area contributed by atoms with E-state index >= 15 is 0 Å². The number of allylic oxidation sites excluding steroid dienone is 1. The van der Waals surface area contributed by atoms with Crippen LogP contribution in [0.3, 0.4) is 0 Å². The maximum Gasteiger partial charge on any atom is 0.250 e. The van der Waals surface area contributed by atoms with Crippen molar-refractivity contribution in [2.45, 2.75) is 50.4 Å². The average molecular weight is 332 g/mol. The number of hydrogen-bond acceptors (Lipinski definition) is 4. The molecule has 1 saturated carbocycles. The third-order valence-corrected chi connectivity index (χ3v) is 5.10. The monoisotopic (exact) mass is 332 g/mol. The molecule has 1 aliphatic heterocycles. The highest BCUT2D eigenvalue weighted by molar-refractivity contribution is 5.94. The number of halogens is 1. The van der Waals surface area contributed by atoms with E-state index in [0.29, 0.717) is 13.2 Å². The van der Waals surface area contributed by atoms with Gasteiger partial charge in [0.05, 0.1) is 12.6 Å². The van der Waals surface area contributed by atoms with E-state index < -0.39 is 5.82 Å². The van der Waals surface area contributed by atoms with Crippen molar-refractivity contribution in [1.82, 2.24) is 9.88 Å². The van der Waals surface area contributed by atoms with Crippen molar-refractivity contribution in [2.75, 3.05) is 13.2 Å². The van der Waals surface area contributed by atoms with Gasteiger partial charge < -0.3 is 14.4 Å². The summed E-state index contributed by atoms with van der Waals surface area (Å²) in [5.41, 5.74) is 0.927. The summed E-state index contributed by atoms with van der Waals surface area (Å²) in [4.78, 5) is 18.6. The predicted molar refractivity (Wildman–Crippen MR) is 85.0 cm³/mol. The van der Waals surface area contributed by atoms with E-state index in [1.807, 2.05) is 4.90 Å². The van der Waals surface area contributed by atoms with Gasteiger partial charge in [-0.3, -0.25) is 4.79 Å². The molecule has 1 aromatic rings. The summed E-state index contributed by atoms with van der Waals surface area (Å²) in [7, 11) is 0. The van der Waals surface area contributed by atoms with Crippen molar-refractivity contribution in [3.63, 3.8) is 0 Å². The zero-order valence-electron chi connectivity index (χ0n) is 13.5. The van der Waals surface area contributed by atoms with Crippen LogP contribution in [0.5, 0.6) is 5.88 Å². The lowest BCUT2D eigenvalue weighted by atomic mass is 10.1. The van der Waals surface area contributed by atoms with Crippen LogP contribution in [-0.4, -0.2) is 47.2 Å². The summed E-state index contributed by atoms with van der Waals surface area (Å²) in [6.07, 6.45) is 7.53. The third-order valence-electron chi connectivity index (χ3n) is 5.10. The number of rotatable bonds is 3. The van der Waals surface area contributed by atoms with Crippen LogP contribution < -0.4 is 4.74 Å². The number of pyridine rings is 1.